The molecule has 16 heavy (non-hydrogen) atoms. The lowest BCUT2D eigenvalue weighted by atomic mass is 9.70. The third-order valence-corrected chi connectivity index (χ3v) is 6.90. The third-order valence-electron chi connectivity index (χ3n) is 4.66. The van der Waals surface area contributed by atoms with Crippen LogP contribution in [0.1, 0.15) is 33.1 Å². The van der Waals surface area contributed by atoms with Crippen LogP contribution in [0.15, 0.2) is 0 Å². The fourth-order valence-electron chi connectivity index (χ4n) is 3.43. The van der Waals surface area contributed by atoms with E-state index in [4.69, 9.17) is 0 Å². The van der Waals surface area contributed by atoms with E-state index in [1.54, 1.807) is 0 Å². The number of hydrogen-bond acceptors (Lipinski definition) is 4. The van der Waals surface area contributed by atoms with Crippen molar-refractivity contribution in [3.63, 3.8) is 0 Å². The maximum Gasteiger partial charge on any atom is 0.278 e. The van der Waals surface area contributed by atoms with Gasteiger partial charge >= 0.3 is 0 Å². The first-order valence-electron chi connectivity index (χ1n) is 5.31. The molecule has 0 spiro atoms. The summed E-state index contributed by atoms with van der Waals surface area (Å²) in [6.07, 6.45) is 2.13. The van der Waals surface area contributed by atoms with E-state index in [0.29, 0.717) is 18.8 Å². The largest absolute Gasteiger partial charge is 0.299 e. The fourth-order valence-corrected chi connectivity index (χ4v) is 5.04. The molecule has 0 N–H and O–H groups in total. The summed E-state index contributed by atoms with van der Waals surface area (Å²) in [5.74, 6) is 0.209. The summed E-state index contributed by atoms with van der Waals surface area (Å²) in [7, 11) is -3.65. The maximum absolute atomic E-state index is 12.0. The lowest BCUT2D eigenvalue weighted by Gasteiger charge is -2.35. The summed E-state index contributed by atoms with van der Waals surface area (Å²) in [6.45, 7) is 4.00. The van der Waals surface area contributed by atoms with Crippen LogP contribution < -0.4 is 0 Å². The first kappa shape index (κ1) is 12.5. The van der Waals surface area contributed by atoms with Gasteiger partial charge in [0, 0.05) is 6.42 Å². The van der Waals surface area contributed by atoms with Crippen LogP contribution in [0.25, 0.3) is 0 Å². The quantitative estimate of drug-likeness (QED) is 0.800. The van der Waals surface area contributed by atoms with Gasteiger partial charge in [0.2, 0.25) is 0 Å². The van der Waals surface area contributed by atoms with E-state index in [2.05, 4.69) is 19.5 Å². The molecule has 4 nitrogen and oxygen atoms in total. The summed E-state index contributed by atoms with van der Waals surface area (Å²) in [5.41, 5.74) is -0.965. The summed E-state index contributed by atoms with van der Waals surface area (Å²) in [4.78, 5) is 12.0. The highest BCUT2D eigenvalue weighted by Crippen LogP contribution is 2.64. The molecule has 2 rings (SSSR count). The Bertz CT molecular complexity index is 428. The highest BCUT2D eigenvalue weighted by atomic mass is 79.9. The number of fused-ring (bicyclic) bond motifs is 2. The number of ketones is 1. The molecule has 92 valence electrons. The third kappa shape index (κ3) is 1.49. The van der Waals surface area contributed by atoms with E-state index in [1.807, 2.05) is 13.8 Å². The van der Waals surface area contributed by atoms with Crippen LogP contribution in [0.4, 0.5) is 0 Å². The van der Waals surface area contributed by atoms with Crippen molar-refractivity contribution in [3.05, 3.63) is 0 Å². The molecule has 0 saturated heterocycles. The topological polar surface area (TPSA) is 60.4 Å². The molecule has 0 aromatic rings. The lowest BCUT2D eigenvalue weighted by molar-refractivity contribution is -0.128. The van der Waals surface area contributed by atoms with E-state index in [0.717, 1.165) is 6.42 Å². The molecule has 2 aliphatic rings. The molecule has 6 heteroatoms. The van der Waals surface area contributed by atoms with Crippen LogP contribution >= 0.6 is 16.3 Å². The van der Waals surface area contributed by atoms with Gasteiger partial charge in [-0.25, -0.2) is 0 Å². The highest BCUT2D eigenvalue weighted by molar-refractivity contribution is 9.06. The zero-order valence-corrected chi connectivity index (χ0v) is 11.7. The summed E-state index contributed by atoms with van der Waals surface area (Å²) in [5, 5.41) is 0. The molecule has 2 saturated carbocycles. The van der Waals surface area contributed by atoms with Gasteiger partial charge in [-0.15, -0.1) is 0 Å². The van der Waals surface area contributed by atoms with Gasteiger partial charge < -0.3 is 0 Å². The molecule has 0 amide bonds. The van der Waals surface area contributed by atoms with Gasteiger partial charge in [0.25, 0.3) is 10.1 Å². The maximum atomic E-state index is 12.0. The molecule has 0 heterocycles. The van der Waals surface area contributed by atoms with E-state index < -0.39 is 15.5 Å². The summed E-state index contributed by atoms with van der Waals surface area (Å²) >= 11 is 2.50. The number of hydrogen-bond donors (Lipinski definition) is 0. The van der Waals surface area contributed by atoms with Gasteiger partial charge in [0.15, 0.2) is 0 Å². The van der Waals surface area contributed by atoms with Crippen LogP contribution in [0, 0.1) is 16.7 Å². The van der Waals surface area contributed by atoms with E-state index in [9.17, 15) is 13.2 Å². The first-order valence-corrected chi connectivity index (χ1v) is 7.54. The second kappa shape index (κ2) is 3.53. The zero-order valence-electron chi connectivity index (χ0n) is 9.32. The number of Topliss-reactive ketones (excluding diaryl/α,β-unsaturated/α-hetero) is 1. The Kier molecular flexibility index (Phi) is 2.76. The van der Waals surface area contributed by atoms with Crippen molar-refractivity contribution in [2.24, 2.45) is 16.7 Å². The van der Waals surface area contributed by atoms with E-state index in [1.165, 1.54) is 0 Å². The molecular weight excluding hydrogens is 296 g/mol. The second-order valence-corrected chi connectivity index (χ2v) is 7.75. The first-order chi connectivity index (χ1) is 7.25. The zero-order chi connectivity index (χ0) is 12.2. The molecule has 0 aromatic heterocycles. The second-order valence-electron chi connectivity index (χ2n) is 5.43. The molecule has 0 radical (unpaired) electrons. The molecule has 2 atom stereocenters. The van der Waals surface area contributed by atoms with Crippen LogP contribution in [0.5, 0.6) is 0 Å². The highest BCUT2D eigenvalue weighted by Gasteiger charge is 2.65. The van der Waals surface area contributed by atoms with Crippen molar-refractivity contribution < 1.29 is 16.5 Å². The van der Waals surface area contributed by atoms with Gasteiger partial charge in [-0.05, 0) is 24.2 Å². The molecule has 2 unspecified atom stereocenters. The van der Waals surface area contributed by atoms with Crippen molar-refractivity contribution in [1.29, 1.82) is 0 Å². The minimum Gasteiger partial charge on any atom is -0.299 e. The standard InChI is InChI=1S/C10H15BrO4S/c1-9(2)7-3-4-10(9,8(12)5-7)6-16(13,14)15-11/h7H,3-6H2,1-2H3. The van der Waals surface area contributed by atoms with Gasteiger partial charge in [0.1, 0.15) is 22.0 Å². The molecule has 2 aliphatic carbocycles. The molecule has 2 fully saturated rings. The summed E-state index contributed by atoms with van der Waals surface area (Å²) in [6, 6.07) is 0. The molecule has 0 aliphatic heterocycles. The predicted octanol–water partition coefficient (Wildman–Crippen LogP) is 2.04. The Hall–Kier alpha value is 0.0600. The minimum absolute atomic E-state index is 0.0851. The fraction of sp³-hybridized carbons (Fsp3) is 0.900. The van der Waals surface area contributed by atoms with Crippen molar-refractivity contribution in [1.82, 2.24) is 0 Å². The van der Waals surface area contributed by atoms with Crippen LogP contribution in [-0.2, 0) is 18.2 Å². The predicted molar refractivity (Wildman–Crippen MR) is 62.4 cm³/mol. The lowest BCUT2D eigenvalue weighted by Crippen LogP contribution is -2.42. The van der Waals surface area contributed by atoms with Gasteiger partial charge in [-0.3, -0.25) is 4.79 Å². The number of halogens is 1. The SMILES string of the molecule is CC1(C)C2CCC1(CS(=O)(=O)OBr)C(=O)C2. The normalized spacial score (nSPS) is 36.9. The Morgan fingerprint density at radius 1 is 1.50 bits per heavy atom. The Balaban J connectivity index is 2.40. The van der Waals surface area contributed by atoms with Crippen molar-refractivity contribution in [2.45, 2.75) is 33.1 Å². The van der Waals surface area contributed by atoms with Crippen LogP contribution in [0.2, 0.25) is 0 Å². The Morgan fingerprint density at radius 2 is 2.12 bits per heavy atom. The Labute approximate surface area is 104 Å². The van der Waals surface area contributed by atoms with Crippen molar-refractivity contribution >= 4 is 32.2 Å². The smallest absolute Gasteiger partial charge is 0.278 e. The van der Waals surface area contributed by atoms with Gasteiger partial charge in [-0.2, -0.15) is 11.7 Å². The number of carbonyl (C=O) groups is 1. The van der Waals surface area contributed by atoms with E-state index in [-0.39, 0.29) is 17.0 Å². The molecular formula is C10H15BrO4S. The van der Waals surface area contributed by atoms with Crippen LogP contribution in [0.3, 0.4) is 0 Å². The Morgan fingerprint density at radius 3 is 2.50 bits per heavy atom. The number of rotatable bonds is 3. The average Bonchev–Trinajstić information content (AvgIpc) is 2.51. The average molecular weight is 311 g/mol. The van der Waals surface area contributed by atoms with E-state index >= 15 is 0 Å². The minimum atomic E-state index is -3.65. The number of carbonyl (C=O) groups excluding carboxylic acids is 1. The molecule has 2 bridgehead atoms. The molecule has 0 aromatic carbocycles. The van der Waals surface area contributed by atoms with Crippen LogP contribution in [-0.4, -0.2) is 20.0 Å². The van der Waals surface area contributed by atoms with Crippen molar-refractivity contribution in [2.75, 3.05) is 5.75 Å². The summed E-state index contributed by atoms with van der Waals surface area (Å²) < 4.78 is 27.4. The monoisotopic (exact) mass is 310 g/mol. The van der Waals surface area contributed by atoms with Gasteiger partial charge in [0.05, 0.1) is 11.2 Å². The van der Waals surface area contributed by atoms with Crippen molar-refractivity contribution in [3.8, 4) is 0 Å². The van der Waals surface area contributed by atoms with Gasteiger partial charge in [-0.1, -0.05) is 13.8 Å².